The lowest BCUT2D eigenvalue weighted by atomic mass is 10.1. The van der Waals surface area contributed by atoms with Crippen LogP contribution in [0.4, 0.5) is 9.57 Å². The average molecular weight is 489 g/mol. The fourth-order valence-corrected chi connectivity index (χ4v) is 4.89. The highest BCUT2D eigenvalue weighted by molar-refractivity contribution is 7.92. The van der Waals surface area contributed by atoms with Gasteiger partial charge in [0.05, 0.1) is 20.8 Å². The molecule has 0 spiro atoms. The van der Waals surface area contributed by atoms with Gasteiger partial charge in [0.25, 0.3) is 0 Å². The molecule has 0 amide bonds. The molecule has 170 valence electrons. The fraction of sp³-hybridized carbons (Fsp3) is 0.0769. The summed E-state index contributed by atoms with van der Waals surface area (Å²) in [5.74, 6) is 1.48. The summed E-state index contributed by atoms with van der Waals surface area (Å²) in [6, 6.07) is 20.0. The average Bonchev–Trinajstić information content (AvgIpc) is 3.49. The third-order valence-corrected chi connectivity index (χ3v) is 6.76. The summed E-state index contributed by atoms with van der Waals surface area (Å²) in [6.45, 7) is 6.17. The molecule has 0 aliphatic rings. The molecule has 5 aromatic rings. The number of anilines is 1. The first-order valence-electron chi connectivity index (χ1n) is 10.6. The second kappa shape index (κ2) is 9.70. The monoisotopic (exact) mass is 488 g/mol. The predicted octanol–water partition coefficient (Wildman–Crippen LogP) is 7.81. The van der Waals surface area contributed by atoms with Crippen LogP contribution in [-0.4, -0.2) is 13.9 Å². The van der Waals surface area contributed by atoms with Crippen molar-refractivity contribution in [2.75, 3.05) is 5.32 Å². The number of rotatable bonds is 8. The van der Waals surface area contributed by atoms with Crippen molar-refractivity contribution in [1.29, 1.82) is 0 Å². The van der Waals surface area contributed by atoms with Crippen molar-refractivity contribution in [1.82, 2.24) is 13.9 Å². The van der Waals surface area contributed by atoms with E-state index in [1.54, 1.807) is 12.4 Å². The summed E-state index contributed by atoms with van der Waals surface area (Å²) < 4.78 is 21.3. The van der Waals surface area contributed by atoms with Crippen LogP contribution in [0.25, 0.3) is 20.8 Å². The fourth-order valence-electron chi connectivity index (χ4n) is 3.64. The van der Waals surface area contributed by atoms with Crippen LogP contribution in [0.2, 0.25) is 0 Å². The molecule has 2 aromatic carbocycles. The number of aryl methyl sites for hydroxylation is 1. The molecule has 34 heavy (non-hydrogen) atoms. The Bertz CT molecular complexity index is 1460. The van der Waals surface area contributed by atoms with Crippen LogP contribution in [0, 0.1) is 6.92 Å². The standard InChI is InChI=1S/C26H21FN4OS2/c1-17-12-20(30-18(2)13-19-6-4-3-5-7-19)8-9-23(17)32-24-10-11-28-21-14-25(33-26(21)24)22-15-31(34-27)16-29-22/h3-12,14-16,30H,2,13H2,1H3. The number of nitrogens with zero attached hydrogens (tertiary/aromatic N) is 3. The van der Waals surface area contributed by atoms with Gasteiger partial charge in [0, 0.05) is 36.3 Å². The first kappa shape index (κ1) is 22.2. The third-order valence-electron chi connectivity index (χ3n) is 5.24. The summed E-state index contributed by atoms with van der Waals surface area (Å²) in [7, 11) is 0. The van der Waals surface area contributed by atoms with Gasteiger partial charge in [-0.1, -0.05) is 36.9 Å². The Hall–Kier alpha value is -3.62. The molecule has 0 radical (unpaired) electrons. The van der Waals surface area contributed by atoms with Gasteiger partial charge < -0.3 is 10.1 Å². The molecule has 3 aromatic heterocycles. The van der Waals surface area contributed by atoms with Gasteiger partial charge in [-0.25, -0.2) is 4.98 Å². The molecule has 0 aliphatic carbocycles. The van der Waals surface area contributed by atoms with Gasteiger partial charge >= 0.3 is 0 Å². The predicted molar refractivity (Wildman–Crippen MR) is 139 cm³/mol. The molecule has 0 fully saturated rings. The van der Waals surface area contributed by atoms with Crippen molar-refractivity contribution < 1.29 is 8.62 Å². The van der Waals surface area contributed by atoms with Gasteiger partial charge in [-0.2, -0.15) is 0 Å². The number of benzene rings is 2. The number of hydrogen-bond donors (Lipinski definition) is 1. The molecule has 5 nitrogen and oxygen atoms in total. The smallest absolute Gasteiger partial charge is 0.170 e. The van der Waals surface area contributed by atoms with E-state index in [0.717, 1.165) is 50.0 Å². The number of aromatic nitrogens is 3. The molecule has 5 rings (SSSR count). The van der Waals surface area contributed by atoms with Gasteiger partial charge in [-0.05, 0) is 42.3 Å². The van der Waals surface area contributed by atoms with E-state index in [1.165, 1.54) is 27.2 Å². The normalized spacial score (nSPS) is 11.0. The van der Waals surface area contributed by atoms with Crippen LogP contribution < -0.4 is 10.1 Å². The Morgan fingerprint density at radius 3 is 2.74 bits per heavy atom. The number of pyridine rings is 1. The zero-order valence-corrected chi connectivity index (χ0v) is 20.0. The van der Waals surface area contributed by atoms with Crippen molar-refractivity contribution >= 4 is 39.6 Å². The highest BCUT2D eigenvalue weighted by Gasteiger charge is 2.14. The Labute approximate surface area is 205 Å². The number of imidazole rings is 1. The second-order valence-electron chi connectivity index (χ2n) is 7.80. The molecular formula is C26H21FN4OS2. The molecule has 3 heterocycles. The summed E-state index contributed by atoms with van der Waals surface area (Å²) >= 11 is 1.63. The van der Waals surface area contributed by atoms with Crippen LogP contribution in [0.5, 0.6) is 11.5 Å². The Kier molecular flexibility index (Phi) is 6.33. The first-order valence-corrected chi connectivity index (χ1v) is 12.1. The van der Waals surface area contributed by atoms with Gasteiger partial charge in [-0.3, -0.25) is 8.96 Å². The van der Waals surface area contributed by atoms with Gasteiger partial charge in [0.2, 0.25) is 0 Å². The molecule has 0 aliphatic heterocycles. The summed E-state index contributed by atoms with van der Waals surface area (Å²) in [5.41, 5.74) is 5.61. The number of thiophene rings is 1. The van der Waals surface area contributed by atoms with E-state index >= 15 is 0 Å². The second-order valence-corrected chi connectivity index (χ2v) is 9.41. The van der Waals surface area contributed by atoms with Crippen LogP contribution in [-0.2, 0) is 6.42 Å². The topological polar surface area (TPSA) is 52.0 Å². The van der Waals surface area contributed by atoms with Crippen molar-refractivity contribution in [2.24, 2.45) is 0 Å². The number of hydrogen-bond acceptors (Lipinski definition) is 6. The van der Waals surface area contributed by atoms with Gasteiger partial charge in [-0.15, -0.1) is 15.2 Å². The molecule has 0 saturated heterocycles. The summed E-state index contributed by atoms with van der Waals surface area (Å²) in [4.78, 5) is 9.63. The molecule has 8 heteroatoms. The maximum atomic E-state index is 12.8. The number of ether oxygens (including phenoxy) is 1. The highest BCUT2D eigenvalue weighted by Crippen LogP contribution is 2.39. The molecule has 0 atom stereocenters. The van der Waals surface area contributed by atoms with Crippen molar-refractivity contribution in [3.8, 4) is 22.1 Å². The Morgan fingerprint density at radius 2 is 1.97 bits per heavy atom. The minimum absolute atomic E-state index is 0.110. The summed E-state index contributed by atoms with van der Waals surface area (Å²) in [6.07, 6.45) is 5.58. The van der Waals surface area contributed by atoms with E-state index in [1.807, 2.05) is 55.5 Å². The lowest BCUT2D eigenvalue weighted by Crippen LogP contribution is -2.02. The highest BCUT2D eigenvalue weighted by atomic mass is 32.2. The van der Waals surface area contributed by atoms with Crippen LogP contribution in [0.3, 0.4) is 0 Å². The van der Waals surface area contributed by atoms with Gasteiger partial charge in [0.1, 0.15) is 17.8 Å². The summed E-state index contributed by atoms with van der Waals surface area (Å²) in [5, 5.41) is 3.38. The van der Waals surface area contributed by atoms with E-state index in [4.69, 9.17) is 4.74 Å². The van der Waals surface area contributed by atoms with E-state index in [-0.39, 0.29) is 12.3 Å². The molecule has 0 bridgehead atoms. The van der Waals surface area contributed by atoms with Crippen molar-refractivity contribution in [3.05, 3.63) is 103 Å². The van der Waals surface area contributed by atoms with E-state index in [0.29, 0.717) is 5.69 Å². The quantitative estimate of drug-likeness (QED) is 0.241. The zero-order chi connectivity index (χ0) is 23.5. The molecular weight excluding hydrogens is 467 g/mol. The first-order chi connectivity index (χ1) is 16.6. The molecule has 1 N–H and O–H groups in total. The van der Waals surface area contributed by atoms with Crippen molar-refractivity contribution in [2.45, 2.75) is 13.3 Å². The lowest BCUT2D eigenvalue weighted by molar-refractivity contribution is 0.485. The third kappa shape index (κ3) is 4.83. The lowest BCUT2D eigenvalue weighted by Gasteiger charge is -2.13. The van der Waals surface area contributed by atoms with E-state index in [9.17, 15) is 3.89 Å². The zero-order valence-electron chi connectivity index (χ0n) is 18.4. The van der Waals surface area contributed by atoms with Crippen LogP contribution in [0.15, 0.2) is 91.7 Å². The SMILES string of the molecule is C=C(Cc1ccccc1)Nc1ccc(Oc2ccnc3cc(-c4cn(SF)cn4)sc23)c(C)c1. The number of fused-ring (bicyclic) bond motifs is 1. The van der Waals surface area contributed by atoms with Crippen LogP contribution >= 0.6 is 23.7 Å². The van der Waals surface area contributed by atoms with E-state index in [2.05, 4.69) is 34.0 Å². The maximum Gasteiger partial charge on any atom is 0.170 e. The van der Waals surface area contributed by atoms with Crippen LogP contribution in [0.1, 0.15) is 11.1 Å². The number of allylic oxidation sites excluding steroid dienone is 1. The minimum atomic E-state index is 0.110. The maximum absolute atomic E-state index is 12.8. The molecule has 0 unspecified atom stereocenters. The number of halogens is 1. The Balaban J connectivity index is 1.34. The van der Waals surface area contributed by atoms with Gasteiger partial charge in [0.15, 0.2) is 12.3 Å². The minimum Gasteiger partial charge on any atom is -0.455 e. The number of nitrogens with one attached hydrogen (secondary N) is 1. The Morgan fingerprint density at radius 1 is 1.12 bits per heavy atom. The van der Waals surface area contributed by atoms with E-state index < -0.39 is 0 Å². The van der Waals surface area contributed by atoms with Crippen molar-refractivity contribution in [3.63, 3.8) is 0 Å². The largest absolute Gasteiger partial charge is 0.455 e. The molecule has 0 saturated carbocycles.